The van der Waals surface area contributed by atoms with Crippen molar-refractivity contribution in [1.82, 2.24) is 14.8 Å². The minimum Gasteiger partial charge on any atom is -0.396 e. The Kier molecular flexibility index (Phi) is 3.17. The van der Waals surface area contributed by atoms with Gasteiger partial charge in [-0.3, -0.25) is 4.68 Å². The number of hydrogen-bond acceptors (Lipinski definition) is 4. The van der Waals surface area contributed by atoms with E-state index in [-0.39, 0.29) is 5.82 Å². The van der Waals surface area contributed by atoms with Crippen molar-refractivity contribution in [2.24, 2.45) is 0 Å². The molecule has 0 aliphatic carbocycles. The summed E-state index contributed by atoms with van der Waals surface area (Å²) in [6, 6.07) is 0.779. The van der Waals surface area contributed by atoms with Gasteiger partial charge in [0, 0.05) is 18.8 Å². The van der Waals surface area contributed by atoms with Gasteiger partial charge in [-0.25, -0.2) is 13.8 Å². The van der Waals surface area contributed by atoms with Crippen LogP contribution in [0.15, 0.2) is 24.7 Å². The average Bonchev–Trinajstić information content (AvgIpc) is 2.68. The smallest absolute Gasteiger partial charge is 0.168 e. The molecule has 0 spiro atoms. The molecule has 0 saturated carbocycles. The quantitative estimate of drug-likeness (QED) is 0.842. The topological polar surface area (TPSA) is 68.8 Å². The van der Waals surface area contributed by atoms with E-state index in [4.69, 9.17) is 5.73 Å². The van der Waals surface area contributed by atoms with Gasteiger partial charge in [0.1, 0.15) is 5.82 Å². The van der Waals surface area contributed by atoms with Crippen LogP contribution in [0.2, 0.25) is 0 Å². The Balaban J connectivity index is 1.90. The van der Waals surface area contributed by atoms with Crippen molar-refractivity contribution >= 4 is 11.5 Å². The second-order valence-electron chi connectivity index (χ2n) is 3.45. The van der Waals surface area contributed by atoms with E-state index in [0.717, 1.165) is 12.3 Å². The predicted molar refractivity (Wildman–Crippen MR) is 59.3 cm³/mol. The lowest BCUT2D eigenvalue weighted by molar-refractivity contribution is 0.573. The molecule has 90 valence electrons. The number of aromatic nitrogens is 3. The fourth-order valence-electron chi connectivity index (χ4n) is 1.34. The molecule has 0 unspecified atom stereocenters. The number of nitrogens with two attached hydrogens (primary N) is 1. The molecular formula is C10H11F2N5. The van der Waals surface area contributed by atoms with Crippen molar-refractivity contribution in [1.29, 1.82) is 0 Å². The lowest BCUT2D eigenvalue weighted by Crippen LogP contribution is -2.12. The second-order valence-corrected chi connectivity index (χ2v) is 3.45. The molecule has 0 fully saturated rings. The predicted octanol–water partition coefficient (Wildman–Crippen LogP) is 1.25. The van der Waals surface area contributed by atoms with Crippen LogP contribution in [0.5, 0.6) is 0 Å². The summed E-state index contributed by atoms with van der Waals surface area (Å²) in [6.07, 6.45) is 4.14. The highest BCUT2D eigenvalue weighted by molar-refractivity contribution is 5.35. The van der Waals surface area contributed by atoms with E-state index in [9.17, 15) is 8.78 Å². The molecule has 17 heavy (non-hydrogen) atoms. The molecule has 5 nitrogen and oxygen atoms in total. The lowest BCUT2D eigenvalue weighted by atomic mass is 10.4. The van der Waals surface area contributed by atoms with Gasteiger partial charge in [-0.1, -0.05) is 0 Å². The molecule has 0 amide bonds. The van der Waals surface area contributed by atoms with Gasteiger partial charge in [0.25, 0.3) is 0 Å². The maximum absolute atomic E-state index is 13.2. The van der Waals surface area contributed by atoms with Crippen molar-refractivity contribution < 1.29 is 8.78 Å². The molecule has 2 rings (SSSR count). The fourth-order valence-corrected chi connectivity index (χ4v) is 1.34. The number of rotatable bonds is 4. The molecule has 3 N–H and O–H groups in total. The summed E-state index contributed by atoms with van der Waals surface area (Å²) in [5.74, 6) is -1.40. The van der Waals surface area contributed by atoms with Crippen LogP contribution >= 0.6 is 0 Å². The van der Waals surface area contributed by atoms with E-state index in [1.54, 1.807) is 10.9 Å². The summed E-state index contributed by atoms with van der Waals surface area (Å²) >= 11 is 0. The Morgan fingerprint density at radius 2 is 2.18 bits per heavy atom. The molecule has 2 heterocycles. The van der Waals surface area contributed by atoms with Crippen molar-refractivity contribution in [2.75, 3.05) is 17.6 Å². The normalized spacial score (nSPS) is 10.5. The fraction of sp³-hybridized carbons (Fsp3) is 0.200. The molecule has 0 aromatic carbocycles. The van der Waals surface area contributed by atoms with E-state index < -0.39 is 11.6 Å². The van der Waals surface area contributed by atoms with E-state index in [1.807, 2.05) is 0 Å². The van der Waals surface area contributed by atoms with Crippen LogP contribution < -0.4 is 11.1 Å². The molecule has 7 heteroatoms. The first-order valence-corrected chi connectivity index (χ1v) is 4.98. The summed E-state index contributed by atoms with van der Waals surface area (Å²) < 4.78 is 27.4. The number of halogens is 2. The minimum absolute atomic E-state index is 0.0199. The van der Waals surface area contributed by atoms with Crippen molar-refractivity contribution in [3.8, 4) is 0 Å². The van der Waals surface area contributed by atoms with Gasteiger partial charge in [-0.15, -0.1) is 0 Å². The van der Waals surface area contributed by atoms with Gasteiger partial charge < -0.3 is 11.1 Å². The number of nitrogens with one attached hydrogen (secondary N) is 1. The van der Waals surface area contributed by atoms with Gasteiger partial charge >= 0.3 is 0 Å². The zero-order valence-corrected chi connectivity index (χ0v) is 8.90. The second kappa shape index (κ2) is 4.77. The number of nitrogen functional groups attached to an aromatic ring is 1. The first kappa shape index (κ1) is 11.3. The first-order valence-electron chi connectivity index (χ1n) is 4.98. The van der Waals surface area contributed by atoms with Crippen LogP contribution in [0, 0.1) is 11.6 Å². The number of pyridine rings is 1. The van der Waals surface area contributed by atoms with Gasteiger partial charge in [0.2, 0.25) is 0 Å². The lowest BCUT2D eigenvalue weighted by Gasteiger charge is -2.06. The highest BCUT2D eigenvalue weighted by Crippen LogP contribution is 2.10. The number of hydrogen-bond donors (Lipinski definition) is 2. The first-order chi connectivity index (χ1) is 8.15. The zero-order valence-electron chi connectivity index (χ0n) is 8.90. The standard InChI is InChI=1S/C10H11F2N5/c11-7-3-9(12)10(15-4-7)14-1-2-17-6-8(13)5-16-17/h3-6H,1-2,13H2,(H,14,15). The van der Waals surface area contributed by atoms with Crippen LogP contribution in [0.4, 0.5) is 20.3 Å². The number of nitrogens with zero attached hydrogens (tertiary/aromatic N) is 3. The summed E-state index contributed by atoms with van der Waals surface area (Å²) in [4.78, 5) is 3.60. The Morgan fingerprint density at radius 1 is 1.35 bits per heavy atom. The SMILES string of the molecule is Nc1cnn(CCNc2ncc(F)cc2F)c1. The van der Waals surface area contributed by atoms with Crippen molar-refractivity contribution in [2.45, 2.75) is 6.54 Å². The third kappa shape index (κ3) is 2.90. The summed E-state index contributed by atoms with van der Waals surface area (Å²) in [5.41, 5.74) is 6.05. The van der Waals surface area contributed by atoms with Crippen LogP contribution in [0.25, 0.3) is 0 Å². The van der Waals surface area contributed by atoms with E-state index in [0.29, 0.717) is 18.8 Å². The van der Waals surface area contributed by atoms with E-state index >= 15 is 0 Å². The Morgan fingerprint density at radius 3 is 2.82 bits per heavy atom. The molecule has 0 radical (unpaired) electrons. The van der Waals surface area contributed by atoms with Crippen LogP contribution in [-0.4, -0.2) is 21.3 Å². The Labute approximate surface area is 96.3 Å². The van der Waals surface area contributed by atoms with Crippen molar-refractivity contribution in [3.63, 3.8) is 0 Å². The van der Waals surface area contributed by atoms with Crippen LogP contribution in [0.3, 0.4) is 0 Å². The molecule has 0 aliphatic rings. The zero-order chi connectivity index (χ0) is 12.3. The molecule has 2 aromatic rings. The molecule has 0 bridgehead atoms. The summed E-state index contributed by atoms with van der Waals surface area (Å²) in [7, 11) is 0. The maximum atomic E-state index is 13.2. The summed E-state index contributed by atoms with van der Waals surface area (Å²) in [6.45, 7) is 0.923. The van der Waals surface area contributed by atoms with Gasteiger partial charge in [0.15, 0.2) is 11.6 Å². The molecule has 2 aromatic heterocycles. The third-order valence-electron chi connectivity index (χ3n) is 2.09. The van der Waals surface area contributed by atoms with Gasteiger partial charge in [-0.05, 0) is 0 Å². The molecular weight excluding hydrogens is 228 g/mol. The largest absolute Gasteiger partial charge is 0.396 e. The third-order valence-corrected chi connectivity index (χ3v) is 2.09. The summed E-state index contributed by atoms with van der Waals surface area (Å²) in [5, 5.41) is 6.70. The van der Waals surface area contributed by atoms with Crippen molar-refractivity contribution in [3.05, 3.63) is 36.3 Å². The van der Waals surface area contributed by atoms with Crippen LogP contribution in [0.1, 0.15) is 0 Å². The average molecular weight is 239 g/mol. The van der Waals surface area contributed by atoms with Crippen LogP contribution in [-0.2, 0) is 6.54 Å². The van der Waals surface area contributed by atoms with E-state index in [2.05, 4.69) is 15.4 Å². The minimum atomic E-state index is -0.718. The molecule has 0 atom stereocenters. The highest BCUT2D eigenvalue weighted by Gasteiger charge is 2.04. The molecule has 0 aliphatic heterocycles. The maximum Gasteiger partial charge on any atom is 0.168 e. The monoisotopic (exact) mass is 239 g/mol. The molecule has 0 saturated heterocycles. The Bertz CT molecular complexity index is 511. The highest BCUT2D eigenvalue weighted by atomic mass is 19.1. The van der Waals surface area contributed by atoms with Gasteiger partial charge in [0.05, 0.1) is 24.6 Å². The van der Waals surface area contributed by atoms with Gasteiger partial charge in [-0.2, -0.15) is 5.10 Å². The van der Waals surface area contributed by atoms with E-state index in [1.165, 1.54) is 6.20 Å². The number of anilines is 2. The Hall–Kier alpha value is -2.18.